The molecule has 23 heavy (non-hydrogen) atoms. The molecule has 1 atom stereocenters. The third kappa shape index (κ3) is 4.22. The van der Waals surface area contributed by atoms with E-state index in [9.17, 15) is 4.79 Å². The van der Waals surface area contributed by atoms with Crippen molar-refractivity contribution in [3.8, 4) is 5.75 Å². The van der Waals surface area contributed by atoms with Crippen LogP contribution in [0.2, 0.25) is 0 Å². The zero-order chi connectivity index (χ0) is 17.0. The summed E-state index contributed by atoms with van der Waals surface area (Å²) in [5, 5.41) is 6.62. The molecule has 1 aliphatic rings. The van der Waals surface area contributed by atoms with E-state index in [-0.39, 0.29) is 17.9 Å². The Balaban J connectivity index is 2.31. The third-order valence-corrected chi connectivity index (χ3v) is 3.71. The SMILES string of the molecule is COc1ccc([C@H]2NC(=S)NC(C)=C2C(=O)OCC(C)C)cc1. The molecule has 6 heteroatoms. The maximum Gasteiger partial charge on any atom is 0.338 e. The summed E-state index contributed by atoms with van der Waals surface area (Å²) in [6, 6.07) is 7.19. The average molecular weight is 334 g/mol. The molecule has 0 spiro atoms. The minimum absolute atomic E-state index is 0.282. The summed E-state index contributed by atoms with van der Waals surface area (Å²) < 4.78 is 10.6. The molecule has 124 valence electrons. The van der Waals surface area contributed by atoms with Crippen molar-refractivity contribution in [1.82, 2.24) is 10.6 Å². The van der Waals surface area contributed by atoms with E-state index in [1.54, 1.807) is 7.11 Å². The number of hydrogen-bond donors (Lipinski definition) is 2. The molecule has 0 radical (unpaired) electrons. The van der Waals surface area contributed by atoms with Gasteiger partial charge in [0.25, 0.3) is 0 Å². The Morgan fingerprint density at radius 3 is 2.52 bits per heavy atom. The summed E-state index contributed by atoms with van der Waals surface area (Å²) in [5.41, 5.74) is 2.18. The van der Waals surface area contributed by atoms with Crippen LogP contribution >= 0.6 is 12.2 Å². The summed E-state index contributed by atoms with van der Waals surface area (Å²) in [7, 11) is 1.62. The number of benzene rings is 1. The molecule has 0 bridgehead atoms. The van der Waals surface area contributed by atoms with Crippen LogP contribution in [-0.2, 0) is 9.53 Å². The first kappa shape index (κ1) is 17.3. The first-order valence-electron chi connectivity index (χ1n) is 7.51. The van der Waals surface area contributed by atoms with Crippen molar-refractivity contribution < 1.29 is 14.3 Å². The first-order valence-corrected chi connectivity index (χ1v) is 7.92. The second-order valence-electron chi connectivity index (χ2n) is 5.84. The van der Waals surface area contributed by atoms with Crippen LogP contribution < -0.4 is 15.4 Å². The number of allylic oxidation sites excluding steroid dienone is 1. The predicted molar refractivity (Wildman–Crippen MR) is 93.1 cm³/mol. The second kappa shape index (κ2) is 7.46. The quantitative estimate of drug-likeness (QED) is 0.638. The molecule has 1 aliphatic heterocycles. The highest BCUT2D eigenvalue weighted by atomic mass is 32.1. The summed E-state index contributed by atoms with van der Waals surface area (Å²) in [4.78, 5) is 12.5. The van der Waals surface area contributed by atoms with Crippen LogP contribution in [0.3, 0.4) is 0 Å². The highest BCUT2D eigenvalue weighted by molar-refractivity contribution is 7.80. The maximum absolute atomic E-state index is 12.5. The van der Waals surface area contributed by atoms with Gasteiger partial charge in [0.2, 0.25) is 0 Å². The molecule has 1 aromatic rings. The predicted octanol–water partition coefficient (Wildman–Crippen LogP) is 2.69. The van der Waals surface area contributed by atoms with E-state index >= 15 is 0 Å². The van der Waals surface area contributed by atoms with Gasteiger partial charge in [-0.3, -0.25) is 0 Å². The molecule has 0 aromatic heterocycles. The number of hydrogen-bond acceptors (Lipinski definition) is 4. The Morgan fingerprint density at radius 2 is 1.96 bits per heavy atom. The molecule has 0 aliphatic carbocycles. The van der Waals surface area contributed by atoms with E-state index in [1.807, 2.05) is 45.0 Å². The largest absolute Gasteiger partial charge is 0.497 e. The van der Waals surface area contributed by atoms with E-state index in [0.717, 1.165) is 11.3 Å². The lowest BCUT2D eigenvalue weighted by atomic mass is 9.95. The monoisotopic (exact) mass is 334 g/mol. The number of nitrogens with one attached hydrogen (secondary N) is 2. The lowest BCUT2D eigenvalue weighted by Gasteiger charge is -2.30. The Labute approximate surface area is 142 Å². The minimum atomic E-state index is -0.339. The normalized spacial score (nSPS) is 17.6. The van der Waals surface area contributed by atoms with Gasteiger partial charge in [-0.25, -0.2) is 4.79 Å². The van der Waals surface area contributed by atoms with E-state index < -0.39 is 0 Å². The molecule has 0 saturated carbocycles. The van der Waals surface area contributed by atoms with Crippen molar-refractivity contribution in [2.75, 3.05) is 13.7 Å². The fourth-order valence-electron chi connectivity index (χ4n) is 2.33. The van der Waals surface area contributed by atoms with Crippen LogP contribution in [0, 0.1) is 5.92 Å². The summed E-state index contributed by atoms with van der Waals surface area (Å²) >= 11 is 5.22. The first-order chi connectivity index (χ1) is 10.9. The lowest BCUT2D eigenvalue weighted by molar-refractivity contribution is -0.140. The average Bonchev–Trinajstić information content (AvgIpc) is 2.52. The molecule has 2 rings (SSSR count). The molecular formula is C17H22N2O3S. The van der Waals surface area contributed by atoms with E-state index in [2.05, 4.69) is 10.6 Å². The van der Waals surface area contributed by atoms with Gasteiger partial charge in [0.15, 0.2) is 5.11 Å². The second-order valence-corrected chi connectivity index (χ2v) is 6.24. The number of carbonyl (C=O) groups is 1. The number of ether oxygens (including phenoxy) is 2. The molecule has 0 amide bonds. The van der Waals surface area contributed by atoms with E-state index in [4.69, 9.17) is 21.7 Å². The van der Waals surface area contributed by atoms with Gasteiger partial charge >= 0.3 is 5.97 Å². The van der Waals surface area contributed by atoms with E-state index in [1.165, 1.54) is 0 Å². The number of esters is 1. The van der Waals surface area contributed by atoms with Gasteiger partial charge in [0, 0.05) is 5.70 Å². The molecule has 0 fully saturated rings. The summed E-state index contributed by atoms with van der Waals surface area (Å²) in [5.74, 6) is 0.708. The fourth-order valence-corrected chi connectivity index (χ4v) is 2.60. The van der Waals surface area contributed by atoms with E-state index in [0.29, 0.717) is 23.0 Å². The van der Waals surface area contributed by atoms with Gasteiger partial charge in [-0.05, 0) is 42.8 Å². The Kier molecular flexibility index (Phi) is 5.60. The summed E-state index contributed by atoms with van der Waals surface area (Å²) in [6.45, 7) is 6.22. The molecule has 2 N–H and O–H groups in total. The molecule has 0 saturated heterocycles. The van der Waals surface area contributed by atoms with Gasteiger partial charge in [-0.2, -0.15) is 0 Å². The van der Waals surface area contributed by atoms with Crippen LogP contribution in [0.25, 0.3) is 0 Å². The Morgan fingerprint density at radius 1 is 1.30 bits per heavy atom. The van der Waals surface area contributed by atoms with Gasteiger partial charge in [-0.1, -0.05) is 26.0 Å². The molecule has 5 nitrogen and oxygen atoms in total. The Hall–Kier alpha value is -2.08. The van der Waals surface area contributed by atoms with Crippen LogP contribution in [-0.4, -0.2) is 24.8 Å². The van der Waals surface area contributed by atoms with Crippen LogP contribution in [0.5, 0.6) is 5.75 Å². The molecule has 0 unspecified atom stereocenters. The summed E-state index contributed by atoms with van der Waals surface area (Å²) in [6.07, 6.45) is 0. The van der Waals surface area contributed by atoms with Crippen molar-refractivity contribution in [2.45, 2.75) is 26.8 Å². The highest BCUT2D eigenvalue weighted by Crippen LogP contribution is 2.28. The van der Waals surface area contributed by atoms with Gasteiger partial charge in [0.05, 0.1) is 25.3 Å². The molecule has 1 heterocycles. The van der Waals surface area contributed by atoms with Crippen molar-refractivity contribution >= 4 is 23.3 Å². The zero-order valence-corrected chi connectivity index (χ0v) is 14.6. The fraction of sp³-hybridized carbons (Fsp3) is 0.412. The zero-order valence-electron chi connectivity index (χ0n) is 13.8. The van der Waals surface area contributed by atoms with Crippen LogP contribution in [0.15, 0.2) is 35.5 Å². The minimum Gasteiger partial charge on any atom is -0.497 e. The number of rotatable bonds is 5. The standard InChI is InChI=1S/C17H22N2O3S/c1-10(2)9-22-16(20)14-11(3)18-17(23)19-15(14)12-5-7-13(21-4)8-6-12/h5-8,10,15H,9H2,1-4H3,(H2,18,19,23)/t15-/m1/s1. The number of methoxy groups -OCH3 is 1. The maximum atomic E-state index is 12.5. The van der Waals surface area contributed by atoms with Gasteiger partial charge < -0.3 is 20.1 Å². The number of carbonyl (C=O) groups excluding carboxylic acids is 1. The molecule has 1 aromatic carbocycles. The van der Waals surface area contributed by atoms with Crippen molar-refractivity contribution in [3.05, 3.63) is 41.1 Å². The van der Waals surface area contributed by atoms with Crippen molar-refractivity contribution in [1.29, 1.82) is 0 Å². The number of thiocarbonyl (C=S) groups is 1. The molecular weight excluding hydrogens is 312 g/mol. The van der Waals surface area contributed by atoms with Gasteiger partial charge in [-0.15, -0.1) is 0 Å². The van der Waals surface area contributed by atoms with Crippen LogP contribution in [0.1, 0.15) is 32.4 Å². The highest BCUT2D eigenvalue weighted by Gasteiger charge is 2.31. The van der Waals surface area contributed by atoms with Gasteiger partial charge in [0.1, 0.15) is 5.75 Å². The lowest BCUT2D eigenvalue weighted by Crippen LogP contribution is -2.45. The van der Waals surface area contributed by atoms with Crippen molar-refractivity contribution in [2.24, 2.45) is 5.92 Å². The topological polar surface area (TPSA) is 59.6 Å². The third-order valence-electron chi connectivity index (χ3n) is 3.49. The van der Waals surface area contributed by atoms with Crippen LogP contribution in [0.4, 0.5) is 0 Å². The Bertz CT molecular complexity index is 623. The smallest absolute Gasteiger partial charge is 0.338 e. The van der Waals surface area contributed by atoms with Crippen molar-refractivity contribution in [3.63, 3.8) is 0 Å².